The Kier molecular flexibility index (Phi) is 4.23. The van der Waals surface area contributed by atoms with Crippen LogP contribution in [0.15, 0.2) is 63.9 Å². The summed E-state index contributed by atoms with van der Waals surface area (Å²) in [6.45, 7) is 1.76. The molecule has 4 rings (SSSR count). The van der Waals surface area contributed by atoms with Gasteiger partial charge in [-0.2, -0.15) is 0 Å². The molecule has 2 heterocycles. The maximum absolute atomic E-state index is 13.2. The molecule has 1 N–H and O–H groups in total. The van der Waals surface area contributed by atoms with Crippen molar-refractivity contribution in [2.24, 2.45) is 7.05 Å². The molecule has 0 saturated carbocycles. The fourth-order valence-electron chi connectivity index (χ4n) is 3.21. The number of nitrogens with one attached hydrogen (secondary N) is 1. The molecule has 2 aromatic heterocycles. The lowest BCUT2D eigenvalue weighted by atomic mass is 10.1. The van der Waals surface area contributed by atoms with E-state index in [0.717, 1.165) is 0 Å². The van der Waals surface area contributed by atoms with Gasteiger partial charge in [-0.05, 0) is 35.9 Å². The van der Waals surface area contributed by atoms with E-state index in [1.807, 2.05) is 30.3 Å². The molecule has 0 fully saturated rings. The van der Waals surface area contributed by atoms with Crippen molar-refractivity contribution >= 4 is 11.6 Å². The van der Waals surface area contributed by atoms with E-state index >= 15 is 0 Å². The topological polar surface area (TPSA) is 124 Å². The van der Waals surface area contributed by atoms with Crippen molar-refractivity contribution in [3.05, 3.63) is 86.5 Å². The Bertz CT molecular complexity index is 1270. The first-order chi connectivity index (χ1) is 13.9. The number of aromatic nitrogens is 4. The monoisotopic (exact) mass is 392 g/mol. The van der Waals surface area contributed by atoms with Crippen LogP contribution in [0.25, 0.3) is 28.4 Å². The van der Waals surface area contributed by atoms with Crippen molar-refractivity contribution in [1.82, 2.24) is 14.6 Å². The van der Waals surface area contributed by atoms with E-state index < -0.39 is 4.92 Å². The first kappa shape index (κ1) is 18.2. The van der Waals surface area contributed by atoms with Crippen molar-refractivity contribution in [3.63, 3.8) is 0 Å². The summed E-state index contributed by atoms with van der Waals surface area (Å²) >= 11 is 0. The van der Waals surface area contributed by atoms with Gasteiger partial charge < -0.3 is 10.3 Å². The molecule has 0 unspecified atom stereocenters. The van der Waals surface area contributed by atoms with Gasteiger partial charge in [0.05, 0.1) is 16.2 Å². The molecule has 2 aromatic carbocycles. The Balaban J connectivity index is 1.92. The lowest BCUT2D eigenvalue weighted by molar-refractivity contribution is -0.661. The zero-order chi connectivity index (χ0) is 20.7. The van der Waals surface area contributed by atoms with Gasteiger partial charge >= 0.3 is 11.2 Å². The number of benzene rings is 2. The molecule has 0 saturated heterocycles. The minimum Gasteiger partial charge on any atom is -0.660 e. The minimum absolute atomic E-state index is 0.0781. The second kappa shape index (κ2) is 6.75. The summed E-state index contributed by atoms with van der Waals surface area (Å²) < 4.78 is 9.49. The maximum atomic E-state index is 13.2. The maximum Gasteiger partial charge on any atom is 0.346 e. The van der Waals surface area contributed by atoms with E-state index in [4.69, 9.17) is 10.3 Å². The molecule has 0 bridgehead atoms. The molecule has 0 atom stereocenters. The van der Waals surface area contributed by atoms with Gasteiger partial charge in [-0.1, -0.05) is 18.2 Å². The van der Waals surface area contributed by atoms with Gasteiger partial charge in [0.2, 0.25) is 5.27 Å². The number of hydrogen-bond donors (Lipinski definition) is 0. The Morgan fingerprint density at radius 1 is 1.14 bits per heavy atom. The minimum atomic E-state index is -0.507. The highest BCUT2D eigenvalue weighted by Gasteiger charge is 2.32. The van der Waals surface area contributed by atoms with Crippen LogP contribution in [0.4, 0.5) is 11.6 Å². The Morgan fingerprint density at radius 2 is 1.79 bits per heavy atom. The third kappa shape index (κ3) is 2.87. The SMILES string of the molecule is Cc1c(-[n+]2noc([NH-])c2-c2ccc([N+](=O)[O-])cc2)c(=O)n(-c2ccccc2)n1C. The van der Waals surface area contributed by atoms with Crippen molar-refractivity contribution in [1.29, 1.82) is 0 Å². The lowest BCUT2D eigenvalue weighted by Crippen LogP contribution is -2.40. The molecular weight excluding hydrogens is 376 g/mol. The van der Waals surface area contributed by atoms with Gasteiger partial charge in [0.15, 0.2) is 0 Å². The molecular formula is C19H16N6O4. The first-order valence-corrected chi connectivity index (χ1v) is 8.63. The van der Waals surface area contributed by atoms with E-state index in [1.165, 1.54) is 33.6 Å². The summed E-state index contributed by atoms with van der Waals surface area (Å²) in [7, 11) is 1.75. The quantitative estimate of drug-likeness (QED) is 0.300. The van der Waals surface area contributed by atoms with Crippen LogP contribution in [0.3, 0.4) is 0 Å². The predicted octanol–water partition coefficient (Wildman–Crippen LogP) is 3.01. The molecule has 29 heavy (non-hydrogen) atoms. The Labute approximate surface area is 164 Å². The van der Waals surface area contributed by atoms with Crippen molar-refractivity contribution < 1.29 is 14.1 Å². The second-order valence-corrected chi connectivity index (χ2v) is 6.38. The molecule has 146 valence electrons. The fraction of sp³-hybridized carbons (Fsp3) is 0.105. The number of rotatable bonds is 4. The number of nitro benzene ring substituents is 1. The highest BCUT2D eigenvalue weighted by molar-refractivity contribution is 5.68. The van der Waals surface area contributed by atoms with Gasteiger partial charge in [-0.3, -0.25) is 19.6 Å². The smallest absolute Gasteiger partial charge is 0.346 e. The zero-order valence-corrected chi connectivity index (χ0v) is 15.6. The van der Waals surface area contributed by atoms with E-state index in [1.54, 1.807) is 18.7 Å². The summed E-state index contributed by atoms with van der Waals surface area (Å²) in [5.74, 6) is -0.257. The van der Waals surface area contributed by atoms with Crippen molar-refractivity contribution in [3.8, 4) is 22.6 Å². The fourth-order valence-corrected chi connectivity index (χ4v) is 3.21. The number of nitro groups is 1. The number of hydrogen-bond acceptors (Lipinski definition) is 5. The van der Waals surface area contributed by atoms with Gasteiger partial charge in [-0.25, -0.2) is 4.68 Å². The Hall–Kier alpha value is -4.21. The number of nitrogens with zero attached hydrogens (tertiary/aromatic N) is 5. The normalized spacial score (nSPS) is 11.0. The number of para-hydroxylation sites is 1. The molecule has 0 radical (unpaired) electrons. The van der Waals surface area contributed by atoms with Gasteiger partial charge in [0.1, 0.15) is 11.6 Å². The van der Waals surface area contributed by atoms with Crippen molar-refractivity contribution in [2.45, 2.75) is 6.92 Å². The van der Waals surface area contributed by atoms with Crippen LogP contribution in [-0.2, 0) is 7.05 Å². The molecule has 0 aliphatic heterocycles. The van der Waals surface area contributed by atoms with Crippen LogP contribution in [0.5, 0.6) is 0 Å². The second-order valence-electron chi connectivity index (χ2n) is 6.38. The predicted molar refractivity (Wildman–Crippen MR) is 103 cm³/mol. The van der Waals surface area contributed by atoms with Gasteiger partial charge in [0, 0.05) is 19.2 Å². The Morgan fingerprint density at radius 3 is 2.41 bits per heavy atom. The largest absolute Gasteiger partial charge is 0.660 e. The van der Waals surface area contributed by atoms with Crippen LogP contribution in [0, 0.1) is 17.0 Å². The van der Waals surface area contributed by atoms with E-state index in [9.17, 15) is 14.9 Å². The van der Waals surface area contributed by atoms with Crippen molar-refractivity contribution in [2.75, 3.05) is 0 Å². The third-order valence-corrected chi connectivity index (χ3v) is 4.73. The van der Waals surface area contributed by atoms with Crippen LogP contribution in [0.1, 0.15) is 5.69 Å². The van der Waals surface area contributed by atoms with Crippen LogP contribution in [0.2, 0.25) is 0 Å². The first-order valence-electron chi connectivity index (χ1n) is 8.63. The summed E-state index contributed by atoms with van der Waals surface area (Å²) in [5, 5.41) is 14.8. The van der Waals surface area contributed by atoms with Crippen LogP contribution >= 0.6 is 0 Å². The van der Waals surface area contributed by atoms with E-state index in [0.29, 0.717) is 16.9 Å². The highest BCUT2D eigenvalue weighted by Crippen LogP contribution is 2.28. The highest BCUT2D eigenvalue weighted by atomic mass is 16.6. The summed E-state index contributed by atoms with van der Waals surface area (Å²) in [6.07, 6.45) is 0. The average molecular weight is 392 g/mol. The van der Waals surface area contributed by atoms with E-state index in [2.05, 4.69) is 5.27 Å². The average Bonchev–Trinajstić information content (AvgIpc) is 3.19. The molecule has 10 nitrogen and oxygen atoms in total. The molecule has 10 heteroatoms. The molecule has 0 spiro atoms. The molecule has 0 amide bonds. The standard InChI is InChI=1S/C19H16N6O4/c1-12-16(19(26)24(22(12)2)14-6-4-3-5-7-14)23-17(18(20)29-21-23)13-8-10-15(11-9-13)25(27)28/h3-11H,1-2H3,(H-,20,21). The molecule has 4 aromatic rings. The molecule has 0 aliphatic carbocycles. The number of non-ortho nitro benzene ring substituents is 1. The zero-order valence-electron chi connectivity index (χ0n) is 15.6. The third-order valence-electron chi connectivity index (χ3n) is 4.73. The molecule has 0 aliphatic rings. The summed E-state index contributed by atoms with van der Waals surface area (Å²) in [5.41, 5.74) is 9.89. The lowest BCUT2D eigenvalue weighted by Gasteiger charge is -2.06. The van der Waals surface area contributed by atoms with Gasteiger partial charge in [-0.15, -0.1) is 0 Å². The van der Waals surface area contributed by atoms with Crippen LogP contribution in [-0.4, -0.2) is 19.6 Å². The summed E-state index contributed by atoms with van der Waals surface area (Å²) in [6, 6.07) is 14.8. The van der Waals surface area contributed by atoms with Gasteiger partial charge in [0.25, 0.3) is 11.4 Å². The van der Waals surface area contributed by atoms with Crippen LogP contribution < -0.4 is 10.2 Å². The summed E-state index contributed by atoms with van der Waals surface area (Å²) in [4.78, 5) is 23.6. The van der Waals surface area contributed by atoms with E-state index in [-0.39, 0.29) is 28.5 Å².